The molecule has 0 bridgehead atoms. The standard InChI is InChI=1S/C10H9Br3F2/c11-4-6(5-12)3-7-9(14)2-1-8(13)10(7)15/h1-2,6H,3-5H2. The first-order valence-electron chi connectivity index (χ1n) is 4.34. The van der Waals surface area contributed by atoms with E-state index in [9.17, 15) is 8.78 Å². The highest BCUT2D eigenvalue weighted by Gasteiger charge is 2.16. The molecule has 0 heterocycles. The van der Waals surface area contributed by atoms with Crippen LogP contribution in [0, 0.1) is 17.6 Å². The quantitative estimate of drug-likeness (QED) is 0.503. The first-order valence-corrected chi connectivity index (χ1v) is 7.38. The SMILES string of the molecule is Fc1ccc(Br)c(F)c1CC(CBr)CBr. The fraction of sp³-hybridized carbons (Fsp3) is 0.400. The molecule has 0 aliphatic heterocycles. The van der Waals surface area contributed by atoms with Gasteiger partial charge in [0.2, 0.25) is 0 Å². The van der Waals surface area contributed by atoms with Crippen LogP contribution in [0.5, 0.6) is 0 Å². The summed E-state index contributed by atoms with van der Waals surface area (Å²) in [5.74, 6) is -0.798. The van der Waals surface area contributed by atoms with Crippen LogP contribution in [-0.2, 0) is 6.42 Å². The van der Waals surface area contributed by atoms with E-state index in [4.69, 9.17) is 0 Å². The van der Waals surface area contributed by atoms with E-state index in [1.54, 1.807) is 0 Å². The molecular weight excluding hydrogens is 398 g/mol. The fourth-order valence-corrected chi connectivity index (χ4v) is 3.10. The summed E-state index contributed by atoms with van der Waals surface area (Å²) in [7, 11) is 0. The molecule has 1 aromatic carbocycles. The Kier molecular flexibility index (Phi) is 5.71. The smallest absolute Gasteiger partial charge is 0.143 e. The molecule has 0 aliphatic carbocycles. The van der Waals surface area contributed by atoms with E-state index in [1.807, 2.05) is 0 Å². The molecule has 84 valence electrons. The van der Waals surface area contributed by atoms with Gasteiger partial charge in [-0.15, -0.1) is 0 Å². The van der Waals surface area contributed by atoms with Gasteiger partial charge in [-0.05, 0) is 40.4 Å². The van der Waals surface area contributed by atoms with Crippen molar-refractivity contribution in [1.29, 1.82) is 0 Å². The molecule has 5 heteroatoms. The summed E-state index contributed by atoms with van der Waals surface area (Å²) in [6.45, 7) is 0. The van der Waals surface area contributed by atoms with Gasteiger partial charge in [0.05, 0.1) is 4.47 Å². The monoisotopic (exact) mass is 404 g/mol. The minimum Gasteiger partial charge on any atom is -0.207 e. The van der Waals surface area contributed by atoms with Crippen LogP contribution in [0.2, 0.25) is 0 Å². The Morgan fingerprint density at radius 2 is 1.73 bits per heavy atom. The lowest BCUT2D eigenvalue weighted by atomic mass is 10.0. The lowest BCUT2D eigenvalue weighted by Gasteiger charge is -2.12. The molecule has 0 amide bonds. The number of halogens is 5. The van der Waals surface area contributed by atoms with Crippen LogP contribution in [-0.4, -0.2) is 10.7 Å². The molecular formula is C10H9Br3F2. The van der Waals surface area contributed by atoms with Crippen molar-refractivity contribution in [3.63, 3.8) is 0 Å². The average molecular weight is 407 g/mol. The number of rotatable bonds is 4. The van der Waals surface area contributed by atoms with Crippen molar-refractivity contribution < 1.29 is 8.78 Å². The summed E-state index contributed by atoms with van der Waals surface area (Å²) in [4.78, 5) is 0. The van der Waals surface area contributed by atoms with E-state index in [2.05, 4.69) is 47.8 Å². The lowest BCUT2D eigenvalue weighted by Crippen LogP contribution is -2.10. The second kappa shape index (κ2) is 6.30. The van der Waals surface area contributed by atoms with E-state index in [1.165, 1.54) is 12.1 Å². The summed E-state index contributed by atoms with van der Waals surface area (Å²) in [6.07, 6.45) is 0.383. The zero-order valence-corrected chi connectivity index (χ0v) is 12.5. The second-order valence-corrected chi connectivity index (χ2v) is 5.35. The van der Waals surface area contributed by atoms with E-state index in [0.717, 1.165) is 0 Å². The van der Waals surface area contributed by atoms with Crippen LogP contribution in [0.1, 0.15) is 5.56 Å². The van der Waals surface area contributed by atoms with Gasteiger partial charge >= 0.3 is 0 Å². The third-order valence-corrected chi connectivity index (χ3v) is 4.51. The highest BCUT2D eigenvalue weighted by molar-refractivity contribution is 9.10. The van der Waals surface area contributed by atoms with Gasteiger partial charge in [0, 0.05) is 16.2 Å². The summed E-state index contributed by atoms with van der Waals surface area (Å²) in [6, 6.07) is 2.66. The molecule has 1 rings (SSSR count). The highest BCUT2D eigenvalue weighted by atomic mass is 79.9. The van der Waals surface area contributed by atoms with E-state index in [0.29, 0.717) is 21.6 Å². The van der Waals surface area contributed by atoms with Crippen LogP contribution in [0.3, 0.4) is 0 Å². The predicted octanol–water partition coefficient (Wildman–Crippen LogP) is 4.68. The first-order chi connectivity index (χ1) is 7.10. The Morgan fingerprint density at radius 1 is 1.13 bits per heavy atom. The van der Waals surface area contributed by atoms with E-state index < -0.39 is 11.6 Å². The summed E-state index contributed by atoms with van der Waals surface area (Å²) >= 11 is 9.68. The molecule has 0 radical (unpaired) electrons. The number of benzene rings is 1. The number of alkyl halides is 2. The largest absolute Gasteiger partial charge is 0.207 e. The Labute approximate surface area is 113 Å². The maximum absolute atomic E-state index is 13.6. The molecule has 0 saturated carbocycles. The van der Waals surface area contributed by atoms with Gasteiger partial charge in [-0.25, -0.2) is 8.78 Å². The van der Waals surface area contributed by atoms with E-state index in [-0.39, 0.29) is 11.5 Å². The van der Waals surface area contributed by atoms with Gasteiger partial charge in [0.25, 0.3) is 0 Å². The third-order valence-electron chi connectivity index (χ3n) is 2.07. The lowest BCUT2D eigenvalue weighted by molar-refractivity contribution is 0.528. The van der Waals surface area contributed by atoms with Crippen molar-refractivity contribution in [2.75, 3.05) is 10.7 Å². The fourth-order valence-electron chi connectivity index (χ4n) is 1.20. The van der Waals surface area contributed by atoms with Crippen molar-refractivity contribution in [1.82, 2.24) is 0 Å². The minimum atomic E-state index is -0.498. The normalized spacial score (nSPS) is 11.1. The summed E-state index contributed by atoms with van der Waals surface area (Å²) < 4.78 is 27.3. The van der Waals surface area contributed by atoms with Gasteiger partial charge in [-0.2, -0.15) is 0 Å². The van der Waals surface area contributed by atoms with Gasteiger partial charge in [0.15, 0.2) is 0 Å². The maximum atomic E-state index is 13.6. The Hall–Kier alpha value is 0.520. The molecule has 0 aliphatic rings. The van der Waals surface area contributed by atoms with Gasteiger partial charge < -0.3 is 0 Å². The molecule has 0 saturated heterocycles. The van der Waals surface area contributed by atoms with Crippen molar-refractivity contribution in [2.45, 2.75) is 6.42 Å². The van der Waals surface area contributed by atoms with Gasteiger partial charge in [0.1, 0.15) is 11.6 Å². The molecule has 0 unspecified atom stereocenters. The first kappa shape index (κ1) is 13.6. The molecule has 0 N–H and O–H groups in total. The van der Waals surface area contributed by atoms with Crippen LogP contribution >= 0.6 is 47.8 Å². The second-order valence-electron chi connectivity index (χ2n) is 3.20. The zero-order valence-electron chi connectivity index (χ0n) is 7.74. The molecule has 0 nitrogen and oxygen atoms in total. The van der Waals surface area contributed by atoms with Crippen LogP contribution < -0.4 is 0 Å². The average Bonchev–Trinajstić information content (AvgIpc) is 2.24. The van der Waals surface area contributed by atoms with Gasteiger partial charge in [-0.1, -0.05) is 31.9 Å². The van der Waals surface area contributed by atoms with Crippen molar-refractivity contribution in [2.24, 2.45) is 5.92 Å². The number of hydrogen-bond donors (Lipinski definition) is 0. The van der Waals surface area contributed by atoms with Gasteiger partial charge in [-0.3, -0.25) is 0 Å². The van der Waals surface area contributed by atoms with Crippen molar-refractivity contribution in [3.05, 3.63) is 33.8 Å². The molecule has 15 heavy (non-hydrogen) atoms. The zero-order chi connectivity index (χ0) is 11.4. The van der Waals surface area contributed by atoms with Crippen molar-refractivity contribution >= 4 is 47.8 Å². The molecule has 0 fully saturated rings. The van der Waals surface area contributed by atoms with E-state index >= 15 is 0 Å². The van der Waals surface area contributed by atoms with Crippen LogP contribution in [0.4, 0.5) is 8.78 Å². The molecule has 0 aromatic heterocycles. The third kappa shape index (κ3) is 3.49. The Bertz CT molecular complexity index is 338. The molecule has 1 aromatic rings. The summed E-state index contributed by atoms with van der Waals surface area (Å²) in [5, 5.41) is 1.42. The topological polar surface area (TPSA) is 0 Å². The minimum absolute atomic E-state index is 0.147. The molecule has 0 spiro atoms. The van der Waals surface area contributed by atoms with Crippen LogP contribution in [0.15, 0.2) is 16.6 Å². The predicted molar refractivity (Wildman–Crippen MR) is 68.8 cm³/mol. The summed E-state index contributed by atoms with van der Waals surface area (Å²) in [5.41, 5.74) is 0.147. The van der Waals surface area contributed by atoms with Crippen LogP contribution in [0.25, 0.3) is 0 Å². The van der Waals surface area contributed by atoms with Crippen molar-refractivity contribution in [3.8, 4) is 0 Å². The maximum Gasteiger partial charge on any atom is 0.143 e. The highest BCUT2D eigenvalue weighted by Crippen LogP contribution is 2.25. The number of hydrogen-bond acceptors (Lipinski definition) is 0. The Balaban J connectivity index is 2.97. The molecule has 0 atom stereocenters. The Morgan fingerprint density at radius 3 is 2.27 bits per heavy atom.